The Labute approximate surface area is 196 Å². The zero-order valence-electron chi connectivity index (χ0n) is 20.0. The number of aromatic nitrogens is 2. The van der Waals surface area contributed by atoms with Crippen LogP contribution in [-0.2, 0) is 22.6 Å². The molecule has 0 spiro atoms. The normalized spacial score (nSPS) is 16.0. The second kappa shape index (κ2) is 10.2. The number of aryl methyl sites for hydroxylation is 1. The third-order valence-electron chi connectivity index (χ3n) is 6.65. The SMILES string of the molecule is CCCCc1ccc(N2CC(c3nc4ccccc4n3CC(=O)N(CC)CC)CC2=O)cc1. The van der Waals surface area contributed by atoms with E-state index in [2.05, 4.69) is 31.2 Å². The number of hydrogen-bond donors (Lipinski definition) is 0. The van der Waals surface area contributed by atoms with Crippen molar-refractivity contribution in [2.45, 2.75) is 58.9 Å². The Balaban J connectivity index is 1.60. The van der Waals surface area contributed by atoms with Crippen LogP contribution >= 0.6 is 0 Å². The van der Waals surface area contributed by atoms with E-state index in [0.717, 1.165) is 29.0 Å². The van der Waals surface area contributed by atoms with Crippen molar-refractivity contribution in [1.29, 1.82) is 0 Å². The van der Waals surface area contributed by atoms with E-state index >= 15 is 0 Å². The summed E-state index contributed by atoms with van der Waals surface area (Å²) in [6.45, 7) is 8.37. The number of fused-ring (bicyclic) bond motifs is 1. The minimum Gasteiger partial charge on any atom is -0.342 e. The lowest BCUT2D eigenvalue weighted by Crippen LogP contribution is -2.34. The highest BCUT2D eigenvalue weighted by atomic mass is 16.2. The highest BCUT2D eigenvalue weighted by molar-refractivity contribution is 5.96. The molecule has 33 heavy (non-hydrogen) atoms. The summed E-state index contributed by atoms with van der Waals surface area (Å²) < 4.78 is 2.02. The molecule has 1 atom stereocenters. The highest BCUT2D eigenvalue weighted by Gasteiger charge is 2.35. The van der Waals surface area contributed by atoms with Crippen LogP contribution in [0.15, 0.2) is 48.5 Å². The molecule has 1 aliphatic rings. The van der Waals surface area contributed by atoms with Crippen LogP contribution in [0, 0.1) is 0 Å². The highest BCUT2D eigenvalue weighted by Crippen LogP contribution is 2.33. The number of likely N-dealkylation sites (N-methyl/N-ethyl adjacent to an activating group) is 1. The molecule has 1 fully saturated rings. The molecule has 6 heteroatoms. The van der Waals surface area contributed by atoms with Crippen LogP contribution in [0.2, 0.25) is 0 Å². The summed E-state index contributed by atoms with van der Waals surface area (Å²) in [6, 6.07) is 16.3. The first kappa shape index (κ1) is 23.0. The Morgan fingerprint density at radius 1 is 1.06 bits per heavy atom. The van der Waals surface area contributed by atoms with Crippen LogP contribution in [0.25, 0.3) is 11.0 Å². The standard InChI is InChI=1S/C27H34N4O2/c1-4-7-10-20-13-15-22(16-14-20)30-18-21(17-25(30)32)27-28-23-11-8-9-12-24(23)31(27)19-26(33)29(5-2)6-3/h8-9,11-16,21H,4-7,10,17-19H2,1-3H3. The van der Waals surface area contributed by atoms with Gasteiger partial charge >= 0.3 is 0 Å². The second-order valence-electron chi connectivity index (χ2n) is 8.79. The number of rotatable bonds is 9. The third-order valence-corrected chi connectivity index (χ3v) is 6.65. The summed E-state index contributed by atoms with van der Waals surface area (Å²) in [5, 5.41) is 0. The predicted molar refractivity (Wildman–Crippen MR) is 132 cm³/mol. The van der Waals surface area contributed by atoms with Gasteiger partial charge in [0.05, 0.1) is 11.0 Å². The third kappa shape index (κ3) is 4.80. The zero-order chi connectivity index (χ0) is 23.4. The van der Waals surface area contributed by atoms with Crippen LogP contribution in [0.1, 0.15) is 57.3 Å². The molecule has 1 aromatic heterocycles. The van der Waals surface area contributed by atoms with Crippen LogP contribution in [0.5, 0.6) is 0 Å². The first-order valence-corrected chi connectivity index (χ1v) is 12.2. The molecule has 2 heterocycles. The van der Waals surface area contributed by atoms with E-state index in [-0.39, 0.29) is 24.3 Å². The predicted octanol–water partition coefficient (Wildman–Crippen LogP) is 4.77. The molecule has 0 saturated carbocycles. The van der Waals surface area contributed by atoms with Gasteiger partial charge in [-0.3, -0.25) is 9.59 Å². The fraction of sp³-hybridized carbons (Fsp3) is 0.444. The maximum atomic E-state index is 13.0. The topological polar surface area (TPSA) is 58.4 Å². The van der Waals surface area contributed by atoms with Gasteiger partial charge in [0.15, 0.2) is 0 Å². The quantitative estimate of drug-likeness (QED) is 0.476. The van der Waals surface area contributed by atoms with Crippen LogP contribution in [0.3, 0.4) is 0 Å². The molecule has 2 amide bonds. The number of amides is 2. The molecule has 2 aromatic carbocycles. The fourth-order valence-electron chi connectivity index (χ4n) is 4.74. The molecule has 174 valence electrons. The number of unbranched alkanes of at least 4 members (excludes halogenated alkanes) is 1. The molecule has 0 N–H and O–H groups in total. The van der Waals surface area contributed by atoms with Crippen molar-refractivity contribution in [2.75, 3.05) is 24.5 Å². The van der Waals surface area contributed by atoms with E-state index < -0.39 is 0 Å². The van der Waals surface area contributed by atoms with E-state index in [9.17, 15) is 9.59 Å². The maximum absolute atomic E-state index is 13.0. The van der Waals surface area contributed by atoms with Gasteiger partial charge in [-0.15, -0.1) is 0 Å². The summed E-state index contributed by atoms with van der Waals surface area (Å²) in [6.07, 6.45) is 3.82. The lowest BCUT2D eigenvalue weighted by molar-refractivity contribution is -0.131. The number of para-hydroxylation sites is 2. The number of carbonyl (C=O) groups is 2. The molecule has 1 aliphatic heterocycles. The summed E-state index contributed by atoms with van der Waals surface area (Å²) in [5.74, 6) is 0.963. The van der Waals surface area contributed by atoms with E-state index in [1.807, 2.05) is 52.5 Å². The maximum Gasteiger partial charge on any atom is 0.242 e. The van der Waals surface area contributed by atoms with Crippen molar-refractivity contribution < 1.29 is 9.59 Å². The molecule has 0 bridgehead atoms. The van der Waals surface area contributed by atoms with E-state index in [0.29, 0.717) is 26.1 Å². The Bertz CT molecular complexity index is 1110. The van der Waals surface area contributed by atoms with Crippen LogP contribution < -0.4 is 4.90 Å². The minimum atomic E-state index is -0.0471. The molecular formula is C27H34N4O2. The average molecular weight is 447 g/mol. The number of benzene rings is 2. The van der Waals surface area contributed by atoms with E-state index in [1.54, 1.807) is 0 Å². The van der Waals surface area contributed by atoms with Crippen LogP contribution in [0.4, 0.5) is 5.69 Å². The lowest BCUT2D eigenvalue weighted by Gasteiger charge is -2.21. The lowest BCUT2D eigenvalue weighted by atomic mass is 10.1. The number of hydrogen-bond acceptors (Lipinski definition) is 3. The average Bonchev–Trinajstić information content (AvgIpc) is 3.39. The summed E-state index contributed by atoms with van der Waals surface area (Å²) >= 11 is 0. The largest absolute Gasteiger partial charge is 0.342 e. The van der Waals surface area contributed by atoms with Crippen molar-refractivity contribution in [3.8, 4) is 0 Å². The second-order valence-corrected chi connectivity index (χ2v) is 8.79. The summed E-state index contributed by atoms with van der Waals surface area (Å²) in [5.41, 5.74) is 4.05. The summed E-state index contributed by atoms with van der Waals surface area (Å²) in [4.78, 5) is 34.5. The monoisotopic (exact) mass is 446 g/mol. The Hall–Kier alpha value is -3.15. The Kier molecular flexibility index (Phi) is 7.11. The fourth-order valence-corrected chi connectivity index (χ4v) is 4.74. The number of nitrogens with zero attached hydrogens (tertiary/aromatic N) is 4. The minimum absolute atomic E-state index is 0.0471. The van der Waals surface area contributed by atoms with Gasteiger partial charge in [-0.25, -0.2) is 4.98 Å². The van der Waals surface area contributed by atoms with Gasteiger partial charge in [-0.1, -0.05) is 37.6 Å². The van der Waals surface area contributed by atoms with Crippen molar-refractivity contribution in [3.05, 3.63) is 59.9 Å². The van der Waals surface area contributed by atoms with Crippen molar-refractivity contribution in [1.82, 2.24) is 14.5 Å². The number of carbonyl (C=O) groups excluding carboxylic acids is 2. The number of imidazole rings is 1. The van der Waals surface area contributed by atoms with Gasteiger partial charge in [0.2, 0.25) is 11.8 Å². The molecule has 1 unspecified atom stereocenters. The van der Waals surface area contributed by atoms with Gasteiger partial charge in [0.25, 0.3) is 0 Å². The van der Waals surface area contributed by atoms with Gasteiger partial charge < -0.3 is 14.4 Å². The van der Waals surface area contributed by atoms with Crippen molar-refractivity contribution in [2.24, 2.45) is 0 Å². The van der Waals surface area contributed by atoms with Gasteiger partial charge in [-0.2, -0.15) is 0 Å². The smallest absolute Gasteiger partial charge is 0.242 e. The first-order valence-electron chi connectivity index (χ1n) is 12.2. The molecule has 3 aromatic rings. The molecular weight excluding hydrogens is 412 g/mol. The van der Waals surface area contributed by atoms with Crippen molar-refractivity contribution in [3.63, 3.8) is 0 Å². The molecule has 0 radical (unpaired) electrons. The van der Waals surface area contributed by atoms with Gasteiger partial charge in [0, 0.05) is 37.7 Å². The Morgan fingerprint density at radius 3 is 2.48 bits per heavy atom. The molecule has 1 saturated heterocycles. The van der Waals surface area contributed by atoms with E-state index in [1.165, 1.54) is 18.4 Å². The van der Waals surface area contributed by atoms with Crippen molar-refractivity contribution >= 4 is 28.5 Å². The molecule has 4 rings (SSSR count). The first-order chi connectivity index (χ1) is 16.0. The Morgan fingerprint density at radius 2 is 1.79 bits per heavy atom. The molecule has 6 nitrogen and oxygen atoms in total. The van der Waals surface area contributed by atoms with Crippen LogP contribution in [-0.4, -0.2) is 45.9 Å². The van der Waals surface area contributed by atoms with Gasteiger partial charge in [0.1, 0.15) is 12.4 Å². The van der Waals surface area contributed by atoms with Gasteiger partial charge in [-0.05, 0) is 56.5 Å². The number of anilines is 1. The summed E-state index contributed by atoms with van der Waals surface area (Å²) in [7, 11) is 0. The molecule has 0 aliphatic carbocycles. The zero-order valence-corrected chi connectivity index (χ0v) is 20.0. The van der Waals surface area contributed by atoms with E-state index in [4.69, 9.17) is 4.98 Å².